The topological polar surface area (TPSA) is 96.3 Å². The lowest BCUT2D eigenvalue weighted by atomic mass is 9.92. The molecule has 0 aliphatic carbocycles. The van der Waals surface area contributed by atoms with Gasteiger partial charge in [-0.15, -0.1) is 0 Å². The molecule has 28 heavy (non-hydrogen) atoms. The summed E-state index contributed by atoms with van der Waals surface area (Å²) in [5.74, 6) is -1.11. The van der Waals surface area contributed by atoms with Crippen LogP contribution in [0.25, 0.3) is 5.69 Å². The Labute approximate surface area is 160 Å². The Morgan fingerprint density at radius 1 is 1.04 bits per heavy atom. The van der Waals surface area contributed by atoms with Crippen molar-refractivity contribution in [3.63, 3.8) is 0 Å². The van der Waals surface area contributed by atoms with Crippen molar-refractivity contribution in [3.8, 4) is 5.69 Å². The summed E-state index contributed by atoms with van der Waals surface area (Å²) < 4.78 is 1.66. The molecular formula is C20H17N5O3. The van der Waals surface area contributed by atoms with Gasteiger partial charge in [-0.2, -0.15) is 10.1 Å². The fourth-order valence-electron chi connectivity index (χ4n) is 3.06. The molecular weight excluding hydrogens is 358 g/mol. The number of imide groups is 1. The second-order valence-electron chi connectivity index (χ2n) is 6.50. The summed E-state index contributed by atoms with van der Waals surface area (Å²) in [4.78, 5) is 37.7. The summed E-state index contributed by atoms with van der Waals surface area (Å²) in [7, 11) is 0. The molecule has 1 aliphatic rings. The summed E-state index contributed by atoms with van der Waals surface area (Å²) in [6.45, 7) is 1.60. The highest BCUT2D eigenvalue weighted by Gasteiger charge is 2.50. The summed E-state index contributed by atoms with van der Waals surface area (Å²) in [6.07, 6.45) is 3.44. The van der Waals surface area contributed by atoms with E-state index in [1.54, 1.807) is 78.6 Å². The molecule has 4 rings (SSSR count). The highest BCUT2D eigenvalue weighted by atomic mass is 16.2. The molecule has 1 aliphatic heterocycles. The predicted octanol–water partition coefficient (Wildman–Crippen LogP) is 1.98. The van der Waals surface area contributed by atoms with Crippen molar-refractivity contribution < 1.29 is 14.4 Å². The van der Waals surface area contributed by atoms with E-state index in [1.165, 1.54) is 0 Å². The SMILES string of the molecule is CC1(c2ccccc2)NC(=O)N(NC(=O)c2ccc(-n3cccn3)cc2)C1=O. The van der Waals surface area contributed by atoms with Crippen molar-refractivity contribution in [2.24, 2.45) is 0 Å². The Morgan fingerprint density at radius 3 is 2.39 bits per heavy atom. The number of hydrazine groups is 1. The fourth-order valence-corrected chi connectivity index (χ4v) is 3.06. The Bertz CT molecular complexity index is 1030. The number of hydrogen-bond donors (Lipinski definition) is 2. The van der Waals surface area contributed by atoms with Gasteiger partial charge in [-0.25, -0.2) is 9.48 Å². The zero-order valence-corrected chi connectivity index (χ0v) is 15.0. The summed E-state index contributed by atoms with van der Waals surface area (Å²) in [5.41, 5.74) is 2.87. The molecule has 0 saturated carbocycles. The van der Waals surface area contributed by atoms with Gasteiger partial charge in [0.25, 0.3) is 11.8 Å². The molecule has 1 unspecified atom stereocenters. The van der Waals surface area contributed by atoms with Crippen molar-refractivity contribution >= 4 is 17.8 Å². The third-order valence-electron chi connectivity index (χ3n) is 4.65. The van der Waals surface area contributed by atoms with Gasteiger partial charge in [0.15, 0.2) is 0 Å². The average molecular weight is 375 g/mol. The molecule has 4 amide bonds. The van der Waals surface area contributed by atoms with Gasteiger partial charge in [0.05, 0.1) is 5.69 Å². The van der Waals surface area contributed by atoms with E-state index in [-0.39, 0.29) is 0 Å². The lowest BCUT2D eigenvalue weighted by Gasteiger charge is -2.22. The molecule has 0 bridgehead atoms. The van der Waals surface area contributed by atoms with Gasteiger partial charge in [0.2, 0.25) is 0 Å². The lowest BCUT2D eigenvalue weighted by Crippen LogP contribution is -2.47. The van der Waals surface area contributed by atoms with E-state index in [1.807, 2.05) is 6.07 Å². The molecule has 8 heteroatoms. The van der Waals surface area contributed by atoms with Gasteiger partial charge in [-0.1, -0.05) is 30.3 Å². The van der Waals surface area contributed by atoms with Gasteiger partial charge in [0, 0.05) is 18.0 Å². The third kappa shape index (κ3) is 2.90. The zero-order chi connectivity index (χ0) is 19.7. The summed E-state index contributed by atoms with van der Waals surface area (Å²) in [5, 5.41) is 7.48. The Kier molecular flexibility index (Phi) is 4.15. The number of amides is 4. The van der Waals surface area contributed by atoms with E-state index in [2.05, 4.69) is 15.8 Å². The lowest BCUT2D eigenvalue weighted by molar-refractivity contribution is -0.132. The number of nitrogens with one attached hydrogen (secondary N) is 2. The number of carbonyl (C=O) groups excluding carboxylic acids is 3. The highest BCUT2D eigenvalue weighted by molar-refractivity contribution is 6.09. The average Bonchev–Trinajstić information content (AvgIpc) is 3.33. The van der Waals surface area contributed by atoms with Crippen molar-refractivity contribution in [2.45, 2.75) is 12.5 Å². The normalized spacial score (nSPS) is 18.8. The van der Waals surface area contributed by atoms with Gasteiger partial charge in [-0.05, 0) is 42.8 Å². The van der Waals surface area contributed by atoms with Crippen molar-refractivity contribution in [1.29, 1.82) is 0 Å². The maximum absolute atomic E-state index is 12.8. The number of benzene rings is 2. The minimum absolute atomic E-state index is 0.310. The molecule has 8 nitrogen and oxygen atoms in total. The molecule has 2 heterocycles. The molecule has 3 aromatic rings. The molecule has 1 fully saturated rings. The second-order valence-corrected chi connectivity index (χ2v) is 6.50. The second kappa shape index (κ2) is 6.66. The van der Waals surface area contributed by atoms with Gasteiger partial charge >= 0.3 is 6.03 Å². The van der Waals surface area contributed by atoms with E-state index in [0.717, 1.165) is 10.7 Å². The van der Waals surface area contributed by atoms with Crippen LogP contribution in [0.1, 0.15) is 22.8 Å². The number of hydrogen-bond acceptors (Lipinski definition) is 4. The van der Waals surface area contributed by atoms with Crippen molar-refractivity contribution in [1.82, 2.24) is 25.5 Å². The molecule has 140 valence electrons. The number of rotatable bonds is 4. The first-order valence-electron chi connectivity index (χ1n) is 8.62. The predicted molar refractivity (Wildman–Crippen MR) is 100 cm³/mol. The fraction of sp³-hybridized carbons (Fsp3) is 0.100. The minimum atomic E-state index is -1.24. The molecule has 0 radical (unpaired) electrons. The number of carbonyl (C=O) groups is 3. The molecule has 0 spiro atoms. The van der Waals surface area contributed by atoms with Crippen LogP contribution >= 0.6 is 0 Å². The maximum atomic E-state index is 12.8. The van der Waals surface area contributed by atoms with Crippen LogP contribution in [-0.2, 0) is 10.3 Å². The Hall–Kier alpha value is -3.94. The smallest absolute Gasteiger partial charge is 0.318 e. The molecule has 1 atom stereocenters. The monoisotopic (exact) mass is 375 g/mol. The molecule has 1 aromatic heterocycles. The van der Waals surface area contributed by atoms with Crippen LogP contribution in [0.3, 0.4) is 0 Å². The number of aromatic nitrogens is 2. The van der Waals surface area contributed by atoms with Gasteiger partial charge in [-0.3, -0.25) is 15.0 Å². The first-order chi connectivity index (χ1) is 13.5. The van der Waals surface area contributed by atoms with Crippen LogP contribution in [0.2, 0.25) is 0 Å². The van der Waals surface area contributed by atoms with Gasteiger partial charge < -0.3 is 5.32 Å². The van der Waals surface area contributed by atoms with E-state index in [0.29, 0.717) is 11.1 Å². The van der Waals surface area contributed by atoms with Crippen molar-refractivity contribution in [3.05, 3.63) is 84.2 Å². The van der Waals surface area contributed by atoms with E-state index >= 15 is 0 Å². The van der Waals surface area contributed by atoms with Crippen LogP contribution in [-0.4, -0.2) is 32.6 Å². The maximum Gasteiger partial charge on any atom is 0.344 e. The van der Waals surface area contributed by atoms with E-state index < -0.39 is 23.4 Å². The first-order valence-corrected chi connectivity index (χ1v) is 8.62. The number of nitrogens with zero attached hydrogens (tertiary/aromatic N) is 3. The molecule has 1 saturated heterocycles. The zero-order valence-electron chi connectivity index (χ0n) is 15.0. The largest absolute Gasteiger partial charge is 0.344 e. The highest BCUT2D eigenvalue weighted by Crippen LogP contribution is 2.27. The van der Waals surface area contributed by atoms with E-state index in [4.69, 9.17) is 0 Å². The van der Waals surface area contributed by atoms with Crippen LogP contribution in [0, 0.1) is 0 Å². The van der Waals surface area contributed by atoms with Crippen LogP contribution in [0.4, 0.5) is 4.79 Å². The van der Waals surface area contributed by atoms with Crippen LogP contribution in [0.15, 0.2) is 73.1 Å². The molecule has 2 N–H and O–H groups in total. The first kappa shape index (κ1) is 17.5. The van der Waals surface area contributed by atoms with Crippen LogP contribution < -0.4 is 10.7 Å². The summed E-state index contributed by atoms with van der Waals surface area (Å²) >= 11 is 0. The minimum Gasteiger partial charge on any atom is -0.318 e. The summed E-state index contributed by atoms with van der Waals surface area (Å²) in [6, 6.07) is 16.6. The van der Waals surface area contributed by atoms with Gasteiger partial charge in [0.1, 0.15) is 5.54 Å². The Balaban J connectivity index is 1.51. The standard InChI is InChI=1S/C20H17N5O3/c1-20(15-6-3-2-4-7-15)18(27)25(19(28)22-20)23-17(26)14-8-10-16(11-9-14)24-13-5-12-21-24/h2-13H,1H3,(H,22,28)(H,23,26). The molecule has 2 aromatic carbocycles. The van der Waals surface area contributed by atoms with E-state index in [9.17, 15) is 14.4 Å². The third-order valence-corrected chi connectivity index (χ3v) is 4.65. The van der Waals surface area contributed by atoms with Crippen molar-refractivity contribution in [2.75, 3.05) is 0 Å². The quantitative estimate of drug-likeness (QED) is 0.682. The number of urea groups is 1. The van der Waals surface area contributed by atoms with Crippen LogP contribution in [0.5, 0.6) is 0 Å². The Morgan fingerprint density at radius 2 is 1.75 bits per heavy atom.